The van der Waals surface area contributed by atoms with Gasteiger partial charge in [-0.2, -0.15) is 0 Å². The number of aliphatic hydroxyl groups excluding tert-OH is 1. The van der Waals surface area contributed by atoms with Crippen LogP contribution in [-0.4, -0.2) is 35.0 Å². The average molecular weight is 484 g/mol. The number of carbonyl (C=O) groups is 1. The Labute approximate surface area is 204 Å². The van der Waals surface area contributed by atoms with Gasteiger partial charge < -0.3 is 24.3 Å². The van der Waals surface area contributed by atoms with Crippen molar-refractivity contribution in [2.24, 2.45) is 11.8 Å². The highest BCUT2D eigenvalue weighted by atomic mass is 35.5. The van der Waals surface area contributed by atoms with Crippen LogP contribution in [0.1, 0.15) is 34.8 Å². The second kappa shape index (κ2) is 10.5. The molecule has 0 saturated carbocycles. The van der Waals surface area contributed by atoms with E-state index in [4.69, 9.17) is 26.2 Å². The number of nitrogens with zero attached hydrogens (tertiary/aromatic N) is 1. The van der Waals surface area contributed by atoms with E-state index in [-0.39, 0.29) is 12.3 Å². The van der Waals surface area contributed by atoms with Crippen molar-refractivity contribution in [1.29, 1.82) is 0 Å². The highest BCUT2D eigenvalue weighted by Gasteiger charge is 2.30. The lowest BCUT2D eigenvalue weighted by atomic mass is 9.85. The summed E-state index contributed by atoms with van der Waals surface area (Å²) in [5.74, 6) is 0.346. The maximum Gasteiger partial charge on any atom is 0.307 e. The van der Waals surface area contributed by atoms with Gasteiger partial charge >= 0.3 is 5.97 Å². The maximum atomic E-state index is 11.5. The Balaban J connectivity index is 1.60. The van der Waals surface area contributed by atoms with Crippen LogP contribution in [-0.2, 0) is 30.6 Å². The summed E-state index contributed by atoms with van der Waals surface area (Å²) in [7, 11) is 3.07. The fourth-order valence-corrected chi connectivity index (χ4v) is 5.30. The molecule has 0 saturated heterocycles. The minimum atomic E-state index is -0.863. The van der Waals surface area contributed by atoms with E-state index < -0.39 is 12.1 Å². The molecule has 1 aliphatic rings. The third-order valence-electron chi connectivity index (χ3n) is 6.64. The topological polar surface area (TPSA) is 80.9 Å². The molecular formula is C27H30ClNO5. The molecule has 2 aromatic carbocycles. The highest BCUT2D eigenvalue weighted by molar-refractivity contribution is 6.33. The van der Waals surface area contributed by atoms with E-state index in [1.807, 2.05) is 23.0 Å². The largest absolute Gasteiger partial charge is 0.495 e. The number of aliphatic carboxylic acids is 1. The summed E-state index contributed by atoms with van der Waals surface area (Å²) in [6.45, 7) is 0.556. The summed E-state index contributed by atoms with van der Waals surface area (Å²) in [4.78, 5) is 11.1. The van der Waals surface area contributed by atoms with Crippen LogP contribution >= 0.6 is 11.6 Å². The summed E-state index contributed by atoms with van der Waals surface area (Å²) in [5, 5.41) is 21.0. The number of carboxylic acids is 1. The molecule has 180 valence electrons. The monoisotopic (exact) mass is 483 g/mol. The van der Waals surface area contributed by atoms with Crippen molar-refractivity contribution < 1.29 is 24.5 Å². The first-order valence-electron chi connectivity index (χ1n) is 11.4. The molecule has 0 fully saturated rings. The molecule has 0 radical (unpaired) electrons. The van der Waals surface area contributed by atoms with Crippen LogP contribution in [0.25, 0.3) is 0 Å². The van der Waals surface area contributed by atoms with Crippen LogP contribution < -0.4 is 9.47 Å². The summed E-state index contributed by atoms with van der Waals surface area (Å²) in [6.07, 6.45) is 5.71. The molecule has 1 aromatic heterocycles. The zero-order valence-electron chi connectivity index (χ0n) is 19.4. The normalized spacial score (nSPS) is 15.1. The van der Waals surface area contributed by atoms with Crippen LogP contribution in [0.2, 0.25) is 5.02 Å². The molecule has 0 unspecified atom stereocenters. The van der Waals surface area contributed by atoms with Gasteiger partial charge in [0.2, 0.25) is 0 Å². The van der Waals surface area contributed by atoms with E-state index in [0.717, 1.165) is 24.8 Å². The maximum absolute atomic E-state index is 11.5. The Morgan fingerprint density at radius 2 is 1.74 bits per heavy atom. The van der Waals surface area contributed by atoms with Gasteiger partial charge in [0.1, 0.15) is 16.5 Å². The predicted molar refractivity (Wildman–Crippen MR) is 131 cm³/mol. The van der Waals surface area contributed by atoms with Crippen molar-refractivity contribution in [2.75, 3.05) is 14.2 Å². The van der Waals surface area contributed by atoms with Crippen LogP contribution in [0.15, 0.2) is 54.9 Å². The van der Waals surface area contributed by atoms with Crippen LogP contribution in [0.4, 0.5) is 0 Å². The number of hydrogen-bond donors (Lipinski definition) is 2. The lowest BCUT2D eigenvalue weighted by Gasteiger charge is -2.27. The highest BCUT2D eigenvalue weighted by Crippen LogP contribution is 2.41. The molecule has 3 aromatic rings. The summed E-state index contributed by atoms with van der Waals surface area (Å²) < 4.78 is 12.8. The van der Waals surface area contributed by atoms with Crippen LogP contribution in [0.3, 0.4) is 0 Å². The number of aliphatic hydroxyl groups is 1. The number of benzene rings is 2. The Kier molecular flexibility index (Phi) is 7.49. The number of hydrogen-bond acceptors (Lipinski definition) is 4. The number of fused-ring (bicyclic) bond motifs is 1. The van der Waals surface area contributed by atoms with Crippen LogP contribution in [0.5, 0.6) is 11.5 Å². The Morgan fingerprint density at radius 3 is 2.29 bits per heavy atom. The van der Waals surface area contributed by atoms with Crippen molar-refractivity contribution in [3.8, 4) is 11.5 Å². The lowest BCUT2D eigenvalue weighted by Crippen LogP contribution is -2.22. The van der Waals surface area contributed by atoms with Crippen LogP contribution in [0, 0.1) is 11.8 Å². The van der Waals surface area contributed by atoms with Gasteiger partial charge in [-0.25, -0.2) is 0 Å². The van der Waals surface area contributed by atoms with Gasteiger partial charge in [0.05, 0.1) is 26.7 Å². The van der Waals surface area contributed by atoms with Gasteiger partial charge in [-0.1, -0.05) is 35.9 Å². The molecule has 34 heavy (non-hydrogen) atoms. The lowest BCUT2D eigenvalue weighted by molar-refractivity contribution is -0.136. The first-order valence-corrected chi connectivity index (χ1v) is 11.8. The van der Waals surface area contributed by atoms with Crippen molar-refractivity contribution in [2.45, 2.75) is 38.3 Å². The van der Waals surface area contributed by atoms with Crippen molar-refractivity contribution >= 4 is 17.6 Å². The van der Waals surface area contributed by atoms with Crippen molar-refractivity contribution in [3.63, 3.8) is 0 Å². The molecule has 1 aliphatic carbocycles. The molecule has 2 atom stereocenters. The second-order valence-electron chi connectivity index (χ2n) is 9.01. The van der Waals surface area contributed by atoms with E-state index in [0.29, 0.717) is 34.5 Å². The molecule has 7 heteroatoms. The average Bonchev–Trinajstić information content (AvgIpc) is 3.43. The molecule has 0 amide bonds. The molecule has 1 heterocycles. The van der Waals surface area contributed by atoms with Gasteiger partial charge in [0.25, 0.3) is 0 Å². The Hall–Kier alpha value is -2.96. The van der Waals surface area contributed by atoms with Gasteiger partial charge in [-0.15, -0.1) is 0 Å². The molecule has 4 rings (SSSR count). The van der Waals surface area contributed by atoms with Gasteiger partial charge in [-0.05, 0) is 65.6 Å². The van der Waals surface area contributed by atoms with Gasteiger partial charge in [0, 0.05) is 24.9 Å². The van der Waals surface area contributed by atoms with Gasteiger partial charge in [-0.3, -0.25) is 4.79 Å². The molecule has 0 spiro atoms. The number of methoxy groups -OCH3 is 2. The molecule has 0 bridgehead atoms. The number of aromatic nitrogens is 1. The molecule has 2 N–H and O–H groups in total. The Morgan fingerprint density at radius 1 is 1.12 bits per heavy atom. The minimum absolute atomic E-state index is 0.0241. The summed E-state index contributed by atoms with van der Waals surface area (Å²) in [6, 6.07) is 13.8. The van der Waals surface area contributed by atoms with E-state index >= 15 is 0 Å². The fraction of sp³-hybridized carbons (Fsp3) is 0.370. The minimum Gasteiger partial charge on any atom is -0.495 e. The number of rotatable bonds is 10. The molecule has 6 nitrogen and oxygen atoms in total. The third kappa shape index (κ3) is 5.40. The van der Waals surface area contributed by atoms with E-state index in [1.165, 1.54) is 25.3 Å². The number of carboxylic acid groups (broad SMARTS) is 1. The zero-order chi connectivity index (χ0) is 24.2. The van der Waals surface area contributed by atoms with E-state index in [1.54, 1.807) is 12.1 Å². The number of ether oxygens (including phenoxy) is 2. The summed E-state index contributed by atoms with van der Waals surface area (Å²) >= 11 is 6.34. The quantitative estimate of drug-likeness (QED) is 0.427. The fourth-order valence-electron chi connectivity index (χ4n) is 5.03. The third-order valence-corrected chi connectivity index (χ3v) is 7.01. The standard InChI is InChI=1S/C27H30ClNO5/c1-33-23-13-21(14-24(34-2)26(23)28)27(32)22(16-29-8-7-17(15-29)12-25(30)31)11-18-9-19-5-3-4-6-20(19)10-18/h3-8,13-15,18,22,27,32H,9-12,16H2,1-2H3,(H,30,31)/t22-,27+/m0/s1. The first-order chi connectivity index (χ1) is 16.4. The number of halogens is 1. The van der Waals surface area contributed by atoms with Crippen molar-refractivity contribution in [3.05, 3.63) is 82.1 Å². The first kappa shape index (κ1) is 24.2. The van der Waals surface area contributed by atoms with Gasteiger partial charge in [0.15, 0.2) is 0 Å². The Bertz CT molecular complexity index is 1110. The molecular weight excluding hydrogens is 454 g/mol. The van der Waals surface area contributed by atoms with E-state index in [9.17, 15) is 9.90 Å². The molecule has 0 aliphatic heterocycles. The predicted octanol–water partition coefficient (Wildman–Crippen LogP) is 4.94. The zero-order valence-corrected chi connectivity index (χ0v) is 20.2. The second-order valence-corrected chi connectivity index (χ2v) is 9.39. The van der Waals surface area contributed by atoms with Crippen molar-refractivity contribution in [1.82, 2.24) is 4.57 Å². The SMILES string of the molecule is COc1cc([C@@H](O)[C@@H](CC2Cc3ccccc3C2)Cn2ccc(CC(=O)O)c2)cc(OC)c1Cl. The van der Waals surface area contributed by atoms with E-state index in [2.05, 4.69) is 24.3 Å². The summed E-state index contributed by atoms with van der Waals surface area (Å²) in [5.41, 5.74) is 4.17. The smallest absolute Gasteiger partial charge is 0.307 e.